The number of Topliss-reactive ketones (excluding diaryl/α,β-unsaturated/α-hetero) is 1. The predicted octanol–water partition coefficient (Wildman–Crippen LogP) is 9.33. The van der Waals surface area contributed by atoms with Crippen LogP contribution in [0.4, 0.5) is 26.3 Å². The largest absolute Gasteiger partial charge is 0.573 e. The third kappa shape index (κ3) is 6.24. The first-order valence-electron chi connectivity index (χ1n) is 19.0. The second-order valence-electron chi connectivity index (χ2n) is 17.1. The van der Waals surface area contributed by atoms with E-state index in [0.717, 1.165) is 39.9 Å². The topological polar surface area (TPSA) is 104 Å². The lowest BCUT2D eigenvalue weighted by molar-refractivity contribution is -0.274. The van der Waals surface area contributed by atoms with Crippen molar-refractivity contribution in [3.8, 4) is 5.75 Å². The Balaban J connectivity index is 1.20. The molecular weight excluding hydrogens is 793 g/mol. The summed E-state index contributed by atoms with van der Waals surface area (Å²) in [5, 5.41) is 25.6. The zero-order chi connectivity index (χ0) is 41.0. The van der Waals surface area contributed by atoms with E-state index in [1.165, 1.54) is 30.3 Å². The van der Waals surface area contributed by atoms with E-state index in [9.17, 15) is 49.8 Å². The SMILES string of the molecule is CC12CCC(O)CC13C=CC1(C(C(=O)c4cccc(C(F)(F)F)c4)=C3)C2CCC2(C)C1CCC2(O)CN(Cc1ccc(OC(F)(F)F)cc1)S(=O)(=O)c1cccs1. The number of hydrogen-bond donors (Lipinski definition) is 2. The highest BCUT2D eigenvalue weighted by atomic mass is 32.2. The highest BCUT2D eigenvalue weighted by molar-refractivity contribution is 7.91. The van der Waals surface area contributed by atoms with Gasteiger partial charge < -0.3 is 14.9 Å². The Morgan fingerprint density at radius 3 is 2.26 bits per heavy atom. The van der Waals surface area contributed by atoms with Gasteiger partial charge in [-0.2, -0.15) is 17.5 Å². The van der Waals surface area contributed by atoms with E-state index in [4.69, 9.17) is 0 Å². The summed E-state index contributed by atoms with van der Waals surface area (Å²) in [6.45, 7) is 3.46. The minimum Gasteiger partial charge on any atom is -0.406 e. The molecule has 6 aliphatic carbocycles. The molecule has 0 amide bonds. The normalized spacial score (nSPS) is 34.7. The van der Waals surface area contributed by atoms with Crippen molar-refractivity contribution in [2.45, 2.75) is 93.8 Å². The molecule has 3 fully saturated rings. The van der Waals surface area contributed by atoms with Crippen molar-refractivity contribution >= 4 is 27.1 Å². The summed E-state index contributed by atoms with van der Waals surface area (Å²) in [4.78, 5) is 14.8. The number of thiophene rings is 1. The van der Waals surface area contributed by atoms with E-state index in [0.29, 0.717) is 49.7 Å². The van der Waals surface area contributed by atoms with Crippen LogP contribution in [0.5, 0.6) is 5.75 Å². The number of sulfonamides is 1. The molecule has 0 saturated heterocycles. The van der Waals surface area contributed by atoms with Crippen LogP contribution in [0.1, 0.15) is 80.3 Å². The Labute approximate surface area is 331 Å². The summed E-state index contributed by atoms with van der Waals surface area (Å²) in [5.74, 6) is -1.61. The first-order valence-corrected chi connectivity index (χ1v) is 21.3. The van der Waals surface area contributed by atoms with Crippen molar-refractivity contribution in [2.24, 2.45) is 33.5 Å². The van der Waals surface area contributed by atoms with Gasteiger partial charge in [0.1, 0.15) is 9.96 Å². The first kappa shape index (κ1) is 40.3. The molecule has 2 aromatic carbocycles. The third-order valence-electron chi connectivity index (χ3n) is 14.5. The zero-order valence-corrected chi connectivity index (χ0v) is 32.9. The van der Waals surface area contributed by atoms with Crippen LogP contribution in [0, 0.1) is 33.5 Å². The molecule has 8 atom stereocenters. The highest BCUT2D eigenvalue weighted by Gasteiger charge is 2.74. The molecule has 2 spiro atoms. The van der Waals surface area contributed by atoms with Gasteiger partial charge in [0.05, 0.1) is 17.3 Å². The molecule has 2 N–H and O–H groups in total. The number of nitrogens with zero attached hydrogens (tertiary/aromatic N) is 1. The molecule has 0 radical (unpaired) electrons. The molecule has 6 aliphatic rings. The summed E-state index contributed by atoms with van der Waals surface area (Å²) in [5.41, 5.74) is -5.17. The molecule has 9 rings (SSSR count). The molecule has 57 heavy (non-hydrogen) atoms. The zero-order valence-electron chi connectivity index (χ0n) is 31.2. The van der Waals surface area contributed by atoms with Crippen molar-refractivity contribution in [3.63, 3.8) is 0 Å². The number of aliphatic hydroxyl groups excluding tert-OH is 1. The number of hydrogen-bond acceptors (Lipinski definition) is 7. The van der Waals surface area contributed by atoms with Crippen LogP contribution < -0.4 is 4.74 Å². The quantitative estimate of drug-likeness (QED) is 0.127. The molecule has 2 bridgehead atoms. The standard InChI is InChI=1S/C42H43F6NO6S2/c1-36-15-12-29(50)22-38(36)18-19-40(31(23-38)35(51)27-5-3-6-28(21-27)41(43,44)45)32(36)13-16-37(2)33(40)14-17-39(37,52)25-49(57(53,54)34-7-4-20-56-34)24-26-8-10-30(11-9-26)55-42(46,47)48/h3-11,18-21,23,29,32-33,50,52H,12-17,22,24-25H2,1-2H3. The number of alkyl halides is 6. The summed E-state index contributed by atoms with van der Waals surface area (Å²) in [6.07, 6.45) is -1.16. The smallest absolute Gasteiger partial charge is 0.406 e. The van der Waals surface area contributed by atoms with Gasteiger partial charge in [-0.15, -0.1) is 24.5 Å². The van der Waals surface area contributed by atoms with Crippen LogP contribution in [-0.2, 0) is 22.7 Å². The van der Waals surface area contributed by atoms with E-state index in [-0.39, 0.29) is 35.2 Å². The summed E-state index contributed by atoms with van der Waals surface area (Å²) in [6, 6.07) is 12.3. The van der Waals surface area contributed by atoms with Crippen molar-refractivity contribution in [2.75, 3.05) is 6.54 Å². The number of halogens is 6. The molecule has 1 heterocycles. The summed E-state index contributed by atoms with van der Waals surface area (Å²) in [7, 11) is -4.24. The van der Waals surface area contributed by atoms with Gasteiger partial charge >= 0.3 is 12.5 Å². The fraction of sp³-hybridized carbons (Fsp3) is 0.500. The first-order chi connectivity index (χ1) is 26.6. The average Bonchev–Trinajstić information content (AvgIpc) is 3.78. The minimum atomic E-state index is -4.91. The predicted molar refractivity (Wildman–Crippen MR) is 199 cm³/mol. The number of rotatable bonds is 9. The number of benzene rings is 2. The lowest BCUT2D eigenvalue weighted by atomic mass is 9.32. The van der Waals surface area contributed by atoms with Crippen LogP contribution in [0.25, 0.3) is 0 Å². The second kappa shape index (κ2) is 13.3. The van der Waals surface area contributed by atoms with Gasteiger partial charge in [-0.1, -0.05) is 62.4 Å². The number of fused-ring (bicyclic) bond motifs is 1. The van der Waals surface area contributed by atoms with Gasteiger partial charge in [0.15, 0.2) is 5.78 Å². The van der Waals surface area contributed by atoms with E-state index in [1.54, 1.807) is 11.4 Å². The monoisotopic (exact) mass is 835 g/mol. The molecule has 8 unspecified atom stereocenters. The minimum absolute atomic E-state index is 0.0216. The van der Waals surface area contributed by atoms with Gasteiger partial charge in [-0.25, -0.2) is 8.42 Å². The number of aliphatic hydroxyl groups is 2. The highest BCUT2D eigenvalue weighted by Crippen LogP contribution is 2.78. The van der Waals surface area contributed by atoms with Gasteiger partial charge in [0.25, 0.3) is 10.0 Å². The number of ketones is 1. The molecule has 306 valence electrons. The molecule has 3 aromatic rings. The maximum Gasteiger partial charge on any atom is 0.573 e. The van der Waals surface area contributed by atoms with E-state index in [1.807, 2.05) is 19.1 Å². The van der Waals surface area contributed by atoms with Gasteiger partial charge in [-0.3, -0.25) is 4.79 Å². The Morgan fingerprint density at radius 2 is 1.60 bits per heavy atom. The summed E-state index contributed by atoms with van der Waals surface area (Å²) >= 11 is 0.994. The number of carbonyl (C=O) groups excluding carboxylic acids is 1. The van der Waals surface area contributed by atoms with E-state index in [2.05, 4.69) is 17.7 Å². The van der Waals surface area contributed by atoms with Crippen LogP contribution in [-0.4, -0.2) is 53.3 Å². The van der Waals surface area contributed by atoms with Crippen molar-refractivity contribution in [3.05, 3.63) is 107 Å². The number of ether oxygens (including phenoxy) is 1. The Kier molecular flexibility index (Phi) is 9.37. The molecule has 7 nitrogen and oxygen atoms in total. The van der Waals surface area contributed by atoms with Gasteiger partial charge in [-0.05, 0) is 103 Å². The third-order valence-corrected chi connectivity index (χ3v) is 17.6. The number of carbonyl (C=O) groups is 1. The van der Waals surface area contributed by atoms with Gasteiger partial charge in [0, 0.05) is 40.5 Å². The molecule has 1 aromatic heterocycles. The molecule has 3 saturated carbocycles. The van der Waals surface area contributed by atoms with Crippen molar-refractivity contribution < 1.29 is 54.5 Å². The Hall–Kier alpha value is -3.50. The fourth-order valence-corrected chi connectivity index (χ4v) is 14.3. The van der Waals surface area contributed by atoms with E-state index < -0.39 is 78.9 Å². The number of allylic oxidation sites excluding steroid dienone is 4. The lowest BCUT2D eigenvalue weighted by Crippen LogP contribution is -2.67. The maximum absolute atomic E-state index is 14.8. The van der Waals surface area contributed by atoms with E-state index >= 15 is 0 Å². The van der Waals surface area contributed by atoms with Crippen molar-refractivity contribution in [1.82, 2.24) is 4.31 Å². The molecule has 15 heteroatoms. The van der Waals surface area contributed by atoms with Crippen LogP contribution in [0.2, 0.25) is 0 Å². The van der Waals surface area contributed by atoms with Crippen LogP contribution in [0.15, 0.2) is 94.1 Å². The van der Waals surface area contributed by atoms with Crippen LogP contribution in [0.3, 0.4) is 0 Å². The second-order valence-corrected chi connectivity index (χ2v) is 20.2. The van der Waals surface area contributed by atoms with Crippen LogP contribution >= 0.6 is 11.3 Å². The van der Waals surface area contributed by atoms with Crippen molar-refractivity contribution in [1.29, 1.82) is 0 Å². The molecular formula is C42H43F6NO6S2. The fourth-order valence-electron chi connectivity index (χ4n) is 11.6. The maximum atomic E-state index is 14.8. The summed E-state index contributed by atoms with van der Waals surface area (Å²) < 4.78 is 114. The Morgan fingerprint density at radius 1 is 0.912 bits per heavy atom. The van der Waals surface area contributed by atoms with Gasteiger partial charge in [0.2, 0.25) is 0 Å². The lowest BCUT2D eigenvalue weighted by Gasteiger charge is -2.71. The molecule has 0 aliphatic heterocycles. The Bertz CT molecular complexity index is 2240. The average molecular weight is 836 g/mol.